The topological polar surface area (TPSA) is 62.3 Å². The van der Waals surface area contributed by atoms with E-state index in [2.05, 4.69) is 10.3 Å². The number of nitrogens with zero attached hydrogens (tertiary/aromatic N) is 2. The van der Waals surface area contributed by atoms with Crippen LogP contribution in [0.4, 0.5) is 4.79 Å². The molecule has 3 rings (SSSR count). The lowest BCUT2D eigenvalue weighted by Crippen LogP contribution is -2.53. The molecule has 0 bridgehead atoms. The molecule has 3 amide bonds. The van der Waals surface area contributed by atoms with Gasteiger partial charge in [-0.2, -0.15) is 0 Å². The van der Waals surface area contributed by atoms with E-state index < -0.39 is 5.54 Å². The summed E-state index contributed by atoms with van der Waals surface area (Å²) in [5.74, 6) is -0.0315. The summed E-state index contributed by atoms with van der Waals surface area (Å²) in [4.78, 5) is 29.8. The molecular weight excluding hydrogens is 254 g/mol. The minimum atomic E-state index is -0.567. The van der Waals surface area contributed by atoms with Gasteiger partial charge >= 0.3 is 6.03 Å². The van der Waals surface area contributed by atoms with Gasteiger partial charge in [0.05, 0.1) is 0 Å². The second kappa shape index (κ2) is 4.89. The molecule has 1 saturated carbocycles. The van der Waals surface area contributed by atoms with Crippen LogP contribution in [-0.4, -0.2) is 33.4 Å². The first-order valence-corrected chi connectivity index (χ1v) is 7.17. The normalized spacial score (nSPS) is 21.8. The second-order valence-corrected chi connectivity index (χ2v) is 5.78. The van der Waals surface area contributed by atoms with Crippen molar-refractivity contribution in [3.63, 3.8) is 0 Å². The van der Waals surface area contributed by atoms with Crippen LogP contribution in [0.2, 0.25) is 0 Å². The predicted octanol–water partition coefficient (Wildman–Crippen LogP) is 1.88. The molecule has 0 radical (unpaired) electrons. The number of rotatable bonds is 4. The third-order valence-corrected chi connectivity index (χ3v) is 4.44. The summed E-state index contributed by atoms with van der Waals surface area (Å²) in [5.41, 5.74) is 0.611. The number of carbonyl (C=O) groups is 2. The van der Waals surface area contributed by atoms with Crippen molar-refractivity contribution in [3.05, 3.63) is 30.1 Å². The summed E-state index contributed by atoms with van der Waals surface area (Å²) >= 11 is 0. The number of aryl methyl sites for hydroxylation is 1. The smallest absolute Gasteiger partial charge is 0.323 e. The van der Waals surface area contributed by atoms with Gasteiger partial charge in [-0.15, -0.1) is 0 Å². The highest BCUT2D eigenvalue weighted by Crippen LogP contribution is 2.38. The van der Waals surface area contributed by atoms with Gasteiger partial charge in [-0.25, -0.2) is 4.79 Å². The van der Waals surface area contributed by atoms with Gasteiger partial charge in [-0.1, -0.05) is 0 Å². The van der Waals surface area contributed by atoms with E-state index in [1.54, 1.807) is 12.4 Å². The molecule has 1 aromatic rings. The third-order valence-electron chi connectivity index (χ3n) is 4.44. The Labute approximate surface area is 118 Å². The number of hydrogen-bond donors (Lipinski definition) is 1. The molecule has 0 aromatic carbocycles. The Morgan fingerprint density at radius 2 is 2.05 bits per heavy atom. The molecule has 1 unspecified atom stereocenters. The monoisotopic (exact) mass is 273 g/mol. The Kier molecular flexibility index (Phi) is 3.20. The van der Waals surface area contributed by atoms with Crippen molar-refractivity contribution in [2.24, 2.45) is 0 Å². The number of amides is 3. The van der Waals surface area contributed by atoms with E-state index in [4.69, 9.17) is 0 Å². The van der Waals surface area contributed by atoms with Crippen LogP contribution in [0.15, 0.2) is 24.5 Å². The second-order valence-electron chi connectivity index (χ2n) is 5.78. The van der Waals surface area contributed by atoms with Gasteiger partial charge in [-0.3, -0.25) is 14.7 Å². The molecule has 1 aliphatic carbocycles. The Bertz CT molecular complexity index is 525. The van der Waals surface area contributed by atoms with E-state index in [-0.39, 0.29) is 18.0 Å². The fourth-order valence-corrected chi connectivity index (χ4v) is 2.96. The third kappa shape index (κ3) is 2.07. The Balaban J connectivity index is 1.64. The van der Waals surface area contributed by atoms with Gasteiger partial charge < -0.3 is 5.32 Å². The van der Waals surface area contributed by atoms with E-state index in [0.29, 0.717) is 0 Å². The van der Waals surface area contributed by atoms with E-state index in [0.717, 1.165) is 32.1 Å². The number of nitrogens with one attached hydrogen (secondary N) is 1. The quantitative estimate of drug-likeness (QED) is 0.852. The molecule has 1 saturated heterocycles. The summed E-state index contributed by atoms with van der Waals surface area (Å²) < 4.78 is 0. The van der Waals surface area contributed by atoms with Crippen LogP contribution in [0.5, 0.6) is 0 Å². The fourth-order valence-electron chi connectivity index (χ4n) is 2.96. The molecule has 1 aromatic heterocycles. The first-order valence-electron chi connectivity index (χ1n) is 7.17. The highest BCUT2D eigenvalue weighted by molar-refractivity contribution is 6.07. The molecule has 5 heteroatoms. The molecule has 20 heavy (non-hydrogen) atoms. The first kappa shape index (κ1) is 13.1. The average molecular weight is 273 g/mol. The number of imide groups is 1. The zero-order valence-corrected chi connectivity index (χ0v) is 11.6. The lowest BCUT2D eigenvalue weighted by Gasteiger charge is -2.35. The highest BCUT2D eigenvalue weighted by atomic mass is 16.2. The molecule has 106 valence electrons. The van der Waals surface area contributed by atoms with Crippen molar-refractivity contribution in [1.29, 1.82) is 0 Å². The molecule has 1 N–H and O–H groups in total. The van der Waals surface area contributed by atoms with Gasteiger partial charge in [0.1, 0.15) is 5.54 Å². The number of hydrogen-bond acceptors (Lipinski definition) is 3. The molecule has 2 aliphatic rings. The van der Waals surface area contributed by atoms with Crippen LogP contribution in [0, 0.1) is 0 Å². The highest BCUT2D eigenvalue weighted by Gasteiger charge is 2.55. The van der Waals surface area contributed by atoms with Crippen molar-refractivity contribution in [3.8, 4) is 0 Å². The van der Waals surface area contributed by atoms with Crippen LogP contribution in [-0.2, 0) is 11.2 Å². The summed E-state index contributed by atoms with van der Waals surface area (Å²) in [6.07, 6.45) is 7.72. The van der Waals surface area contributed by atoms with Crippen LogP contribution in [0.1, 0.15) is 38.2 Å². The largest absolute Gasteiger partial charge is 0.325 e. The molecule has 2 fully saturated rings. The van der Waals surface area contributed by atoms with Gasteiger partial charge in [0.25, 0.3) is 5.91 Å². The molecule has 1 spiro atoms. The van der Waals surface area contributed by atoms with Gasteiger partial charge in [0, 0.05) is 18.4 Å². The molecule has 1 aliphatic heterocycles. The van der Waals surface area contributed by atoms with E-state index >= 15 is 0 Å². The van der Waals surface area contributed by atoms with Gasteiger partial charge in [-0.05, 0) is 56.7 Å². The SMILES string of the molecule is CC(CCc1ccncc1)N1C(=O)NC2(CCC2)C1=O. The van der Waals surface area contributed by atoms with Crippen LogP contribution < -0.4 is 5.32 Å². The molecular formula is C15H19N3O2. The van der Waals surface area contributed by atoms with Crippen LogP contribution >= 0.6 is 0 Å². The minimum Gasteiger partial charge on any atom is -0.323 e. The molecule has 2 heterocycles. The standard InChI is InChI=1S/C15H19N3O2/c1-11(3-4-12-5-9-16-10-6-12)18-13(19)15(7-2-8-15)17-14(18)20/h5-6,9-11H,2-4,7-8H2,1H3,(H,17,20). The summed E-state index contributed by atoms with van der Waals surface area (Å²) in [7, 11) is 0. The summed E-state index contributed by atoms with van der Waals surface area (Å²) in [6.45, 7) is 1.94. The van der Waals surface area contributed by atoms with Crippen molar-refractivity contribution in [1.82, 2.24) is 15.2 Å². The maximum absolute atomic E-state index is 12.4. The maximum Gasteiger partial charge on any atom is 0.325 e. The van der Waals surface area contributed by atoms with E-state index in [9.17, 15) is 9.59 Å². The van der Waals surface area contributed by atoms with E-state index in [1.165, 1.54) is 10.5 Å². The van der Waals surface area contributed by atoms with E-state index in [1.807, 2.05) is 19.1 Å². The van der Waals surface area contributed by atoms with Crippen molar-refractivity contribution in [2.45, 2.75) is 50.6 Å². The van der Waals surface area contributed by atoms with Crippen LogP contribution in [0.3, 0.4) is 0 Å². The first-order chi connectivity index (χ1) is 9.62. The lowest BCUT2D eigenvalue weighted by atomic mass is 9.77. The maximum atomic E-state index is 12.4. The Hall–Kier alpha value is -1.91. The Morgan fingerprint density at radius 3 is 2.60 bits per heavy atom. The Morgan fingerprint density at radius 1 is 1.35 bits per heavy atom. The molecule has 5 nitrogen and oxygen atoms in total. The number of urea groups is 1. The number of aromatic nitrogens is 1. The number of pyridine rings is 1. The average Bonchev–Trinajstić information content (AvgIpc) is 2.69. The van der Waals surface area contributed by atoms with Gasteiger partial charge in [0.15, 0.2) is 0 Å². The van der Waals surface area contributed by atoms with Crippen LogP contribution in [0.25, 0.3) is 0 Å². The van der Waals surface area contributed by atoms with Crippen molar-refractivity contribution in [2.75, 3.05) is 0 Å². The van der Waals surface area contributed by atoms with Crippen molar-refractivity contribution >= 4 is 11.9 Å². The number of carbonyl (C=O) groups excluding carboxylic acids is 2. The lowest BCUT2D eigenvalue weighted by molar-refractivity contribution is -0.135. The summed E-state index contributed by atoms with van der Waals surface area (Å²) in [5, 5.41) is 2.87. The summed E-state index contributed by atoms with van der Waals surface area (Å²) in [6, 6.07) is 3.63. The van der Waals surface area contributed by atoms with Crippen molar-refractivity contribution < 1.29 is 9.59 Å². The predicted molar refractivity (Wildman–Crippen MR) is 74.0 cm³/mol. The van der Waals surface area contributed by atoms with Gasteiger partial charge in [0.2, 0.25) is 0 Å². The zero-order valence-electron chi connectivity index (χ0n) is 11.6. The molecule has 1 atom stereocenters. The fraction of sp³-hybridized carbons (Fsp3) is 0.533. The zero-order chi connectivity index (χ0) is 14.2. The minimum absolute atomic E-state index is 0.0315.